The van der Waals surface area contributed by atoms with Crippen molar-refractivity contribution < 1.29 is 9.13 Å². The highest BCUT2D eigenvalue weighted by molar-refractivity contribution is 6.32. The lowest BCUT2D eigenvalue weighted by atomic mass is 10.1. The number of hydrogen-bond donors (Lipinski definition) is 2. The van der Waals surface area contributed by atoms with E-state index in [2.05, 4.69) is 15.7 Å². The summed E-state index contributed by atoms with van der Waals surface area (Å²) in [5, 5.41) is 9.96. The third kappa shape index (κ3) is 3.97. The lowest BCUT2D eigenvalue weighted by Gasteiger charge is -2.25. The molecule has 8 heteroatoms. The van der Waals surface area contributed by atoms with Crippen LogP contribution in [0.4, 0.5) is 10.1 Å². The Hall–Kier alpha value is -1.18. The summed E-state index contributed by atoms with van der Waals surface area (Å²) in [5.41, 5.74) is -2.10. The maximum absolute atomic E-state index is 14.6. The molecule has 0 bridgehead atoms. The fourth-order valence-corrected chi connectivity index (χ4v) is 2.36. The van der Waals surface area contributed by atoms with Crippen molar-refractivity contribution >= 4 is 17.3 Å². The molecule has 0 aromatic carbocycles. The van der Waals surface area contributed by atoms with Crippen molar-refractivity contribution in [3.8, 4) is 0 Å². The molecule has 0 spiro atoms. The largest absolute Gasteiger partial charge is 0.379 e. The Balaban J connectivity index is 2.14. The summed E-state index contributed by atoms with van der Waals surface area (Å²) in [6, 6.07) is 0. The van der Waals surface area contributed by atoms with Gasteiger partial charge in [-0.05, 0) is 20.8 Å². The predicted octanol–water partition coefficient (Wildman–Crippen LogP) is 1.39. The maximum Gasteiger partial charge on any atom is 0.288 e. The zero-order valence-electron chi connectivity index (χ0n) is 13.1. The van der Waals surface area contributed by atoms with E-state index in [9.17, 15) is 9.18 Å². The lowest BCUT2D eigenvalue weighted by Crippen LogP contribution is -2.44. The highest BCUT2D eigenvalue weighted by Gasteiger charge is 2.32. The van der Waals surface area contributed by atoms with Crippen molar-refractivity contribution in [1.29, 1.82) is 0 Å². The lowest BCUT2D eigenvalue weighted by molar-refractivity contribution is 0.0465. The van der Waals surface area contributed by atoms with Crippen molar-refractivity contribution in [1.82, 2.24) is 15.1 Å². The van der Waals surface area contributed by atoms with E-state index in [0.29, 0.717) is 18.8 Å². The Kier molecular flexibility index (Phi) is 5.09. The molecule has 2 N–H and O–H groups in total. The summed E-state index contributed by atoms with van der Waals surface area (Å²) in [5.74, 6) is 0. The van der Waals surface area contributed by atoms with E-state index in [1.165, 1.54) is 10.9 Å². The van der Waals surface area contributed by atoms with Crippen LogP contribution in [0.5, 0.6) is 0 Å². The number of ether oxygens (including phenoxy) is 1. The van der Waals surface area contributed by atoms with Gasteiger partial charge >= 0.3 is 0 Å². The second-order valence-electron chi connectivity index (χ2n) is 6.49. The van der Waals surface area contributed by atoms with E-state index in [0.717, 1.165) is 0 Å². The van der Waals surface area contributed by atoms with Crippen LogP contribution in [-0.2, 0) is 10.3 Å². The number of anilines is 1. The van der Waals surface area contributed by atoms with Gasteiger partial charge in [-0.15, -0.1) is 0 Å². The van der Waals surface area contributed by atoms with Crippen molar-refractivity contribution in [2.75, 3.05) is 38.2 Å². The molecule has 0 amide bonds. The van der Waals surface area contributed by atoms with Crippen LogP contribution >= 0.6 is 11.6 Å². The van der Waals surface area contributed by atoms with E-state index in [-0.39, 0.29) is 24.7 Å². The predicted molar refractivity (Wildman–Crippen MR) is 84.5 cm³/mol. The van der Waals surface area contributed by atoms with Crippen molar-refractivity contribution in [2.24, 2.45) is 0 Å². The SMILES string of the molecule is CC(C)(C)n1ncc(NCC2(F)CNCCOC2)c(Cl)c1=O. The van der Waals surface area contributed by atoms with E-state index in [4.69, 9.17) is 16.3 Å². The van der Waals surface area contributed by atoms with Crippen LogP contribution in [0.25, 0.3) is 0 Å². The molecular weight excluding hydrogens is 311 g/mol. The zero-order valence-corrected chi connectivity index (χ0v) is 13.8. The monoisotopic (exact) mass is 332 g/mol. The average Bonchev–Trinajstić information content (AvgIpc) is 2.64. The first-order valence-electron chi connectivity index (χ1n) is 7.22. The van der Waals surface area contributed by atoms with Crippen molar-refractivity contribution in [3.63, 3.8) is 0 Å². The van der Waals surface area contributed by atoms with Crippen LogP contribution in [0.1, 0.15) is 20.8 Å². The molecule has 2 heterocycles. The normalized spacial score (nSPS) is 23.1. The van der Waals surface area contributed by atoms with Gasteiger partial charge in [-0.1, -0.05) is 11.6 Å². The van der Waals surface area contributed by atoms with E-state index in [1.807, 2.05) is 20.8 Å². The summed E-state index contributed by atoms with van der Waals surface area (Å²) < 4.78 is 21.2. The van der Waals surface area contributed by atoms with Crippen molar-refractivity contribution in [3.05, 3.63) is 21.6 Å². The summed E-state index contributed by atoms with van der Waals surface area (Å²) in [6.07, 6.45) is 1.45. The first-order chi connectivity index (χ1) is 10.2. The third-order valence-corrected chi connectivity index (χ3v) is 3.74. The van der Waals surface area contributed by atoms with Crippen LogP contribution in [0.15, 0.2) is 11.0 Å². The standard InChI is InChI=1S/C14H22ClFN4O2/c1-13(2,3)20-12(21)11(15)10(6-19-20)18-8-14(16)7-17-4-5-22-9-14/h6,17-18H,4-5,7-9H2,1-3H3. The molecule has 0 aliphatic carbocycles. The molecule has 1 aliphatic rings. The number of aromatic nitrogens is 2. The summed E-state index contributed by atoms with van der Waals surface area (Å²) in [4.78, 5) is 12.2. The molecule has 1 aromatic rings. The number of rotatable bonds is 3. The minimum absolute atomic E-state index is 0.00287. The molecule has 6 nitrogen and oxygen atoms in total. The van der Waals surface area contributed by atoms with Gasteiger partial charge in [0.05, 0.1) is 37.2 Å². The minimum Gasteiger partial charge on any atom is -0.379 e. The van der Waals surface area contributed by atoms with Gasteiger partial charge in [0.1, 0.15) is 5.02 Å². The minimum atomic E-state index is -1.56. The number of hydrogen-bond acceptors (Lipinski definition) is 5. The van der Waals surface area contributed by atoms with E-state index < -0.39 is 16.8 Å². The molecule has 1 unspecified atom stereocenters. The smallest absolute Gasteiger partial charge is 0.288 e. The van der Waals surface area contributed by atoms with Gasteiger partial charge in [-0.25, -0.2) is 9.07 Å². The highest BCUT2D eigenvalue weighted by Crippen LogP contribution is 2.20. The molecule has 2 rings (SSSR count). The molecule has 0 saturated carbocycles. The van der Waals surface area contributed by atoms with Gasteiger partial charge < -0.3 is 15.4 Å². The molecule has 1 fully saturated rings. The number of nitrogens with zero attached hydrogens (tertiary/aromatic N) is 2. The Labute approximate surface area is 134 Å². The van der Waals surface area contributed by atoms with Crippen LogP contribution in [0.3, 0.4) is 0 Å². The van der Waals surface area contributed by atoms with E-state index >= 15 is 0 Å². The molecular formula is C14H22ClFN4O2. The molecule has 22 heavy (non-hydrogen) atoms. The third-order valence-electron chi connectivity index (χ3n) is 3.38. The van der Waals surface area contributed by atoms with Gasteiger partial charge in [-0.2, -0.15) is 5.10 Å². The number of alkyl halides is 1. The Morgan fingerprint density at radius 3 is 3.00 bits per heavy atom. The molecule has 1 atom stereocenters. The van der Waals surface area contributed by atoms with Gasteiger partial charge in [0.25, 0.3) is 5.56 Å². The molecule has 1 aromatic heterocycles. The fraction of sp³-hybridized carbons (Fsp3) is 0.714. The maximum atomic E-state index is 14.6. The fourth-order valence-electron chi connectivity index (χ4n) is 2.16. The van der Waals surface area contributed by atoms with Crippen molar-refractivity contribution in [2.45, 2.75) is 32.0 Å². The van der Waals surface area contributed by atoms with Gasteiger partial charge in [0.2, 0.25) is 0 Å². The molecule has 1 aliphatic heterocycles. The molecule has 1 saturated heterocycles. The highest BCUT2D eigenvalue weighted by atomic mass is 35.5. The summed E-state index contributed by atoms with van der Waals surface area (Å²) >= 11 is 6.09. The summed E-state index contributed by atoms with van der Waals surface area (Å²) in [6.45, 7) is 6.84. The van der Waals surface area contributed by atoms with Gasteiger partial charge in [0, 0.05) is 13.1 Å². The zero-order chi connectivity index (χ0) is 16.4. The number of nitrogens with one attached hydrogen (secondary N) is 2. The molecule has 0 radical (unpaired) electrons. The van der Waals surface area contributed by atoms with Crippen LogP contribution < -0.4 is 16.2 Å². The van der Waals surface area contributed by atoms with Crippen LogP contribution in [0, 0.1) is 0 Å². The van der Waals surface area contributed by atoms with Crippen LogP contribution in [-0.4, -0.2) is 48.3 Å². The quantitative estimate of drug-likeness (QED) is 0.875. The van der Waals surface area contributed by atoms with Crippen LogP contribution in [0.2, 0.25) is 5.02 Å². The Morgan fingerprint density at radius 1 is 1.59 bits per heavy atom. The first kappa shape index (κ1) is 17.2. The van der Waals surface area contributed by atoms with Gasteiger partial charge in [-0.3, -0.25) is 4.79 Å². The van der Waals surface area contributed by atoms with Gasteiger partial charge in [0.15, 0.2) is 5.67 Å². The molecule has 124 valence electrons. The summed E-state index contributed by atoms with van der Waals surface area (Å²) in [7, 11) is 0. The second kappa shape index (κ2) is 6.52. The van der Waals surface area contributed by atoms with E-state index in [1.54, 1.807) is 0 Å². The Morgan fingerprint density at radius 2 is 2.32 bits per heavy atom. The number of halogens is 2. The first-order valence-corrected chi connectivity index (χ1v) is 7.60. The topological polar surface area (TPSA) is 68.2 Å². The Bertz CT molecular complexity index is 577. The average molecular weight is 333 g/mol. The second-order valence-corrected chi connectivity index (χ2v) is 6.87.